The molecule has 0 aliphatic rings. The van der Waals surface area contributed by atoms with Crippen molar-refractivity contribution in [3.8, 4) is 6.07 Å². The molecule has 0 saturated carbocycles. The zero-order valence-corrected chi connectivity index (χ0v) is 12.8. The van der Waals surface area contributed by atoms with Gasteiger partial charge in [0.2, 0.25) is 0 Å². The molecule has 0 unspecified atom stereocenters. The van der Waals surface area contributed by atoms with Crippen LogP contribution in [0.3, 0.4) is 0 Å². The second-order valence-corrected chi connectivity index (χ2v) is 4.86. The lowest BCUT2D eigenvalue weighted by molar-refractivity contribution is -0.117. The predicted octanol–water partition coefficient (Wildman–Crippen LogP) is 2.49. The highest BCUT2D eigenvalue weighted by atomic mass is 16.1. The van der Waals surface area contributed by atoms with E-state index < -0.39 is 0 Å². The van der Waals surface area contributed by atoms with Crippen molar-refractivity contribution in [2.45, 2.75) is 19.8 Å². The van der Waals surface area contributed by atoms with E-state index in [1.165, 1.54) is 6.20 Å². The van der Waals surface area contributed by atoms with Crippen LogP contribution in [-0.4, -0.2) is 26.5 Å². The van der Waals surface area contributed by atoms with E-state index in [-0.39, 0.29) is 11.5 Å². The van der Waals surface area contributed by atoms with Crippen molar-refractivity contribution in [1.82, 2.24) is 5.32 Å². The number of benzene rings is 1. The van der Waals surface area contributed by atoms with Crippen molar-refractivity contribution in [2.75, 3.05) is 30.9 Å². The van der Waals surface area contributed by atoms with E-state index >= 15 is 0 Å². The number of carbonyl (C=O) groups excluding carboxylic acids is 1. The van der Waals surface area contributed by atoms with Gasteiger partial charge < -0.3 is 15.5 Å². The van der Waals surface area contributed by atoms with Gasteiger partial charge in [0.05, 0.1) is 0 Å². The molecule has 21 heavy (non-hydrogen) atoms. The summed E-state index contributed by atoms with van der Waals surface area (Å²) in [6, 6.07) is 9.63. The summed E-state index contributed by atoms with van der Waals surface area (Å²) in [4.78, 5) is 13.8. The third-order valence-electron chi connectivity index (χ3n) is 2.95. The van der Waals surface area contributed by atoms with Crippen LogP contribution in [0.1, 0.15) is 19.8 Å². The van der Waals surface area contributed by atoms with Crippen LogP contribution in [0.2, 0.25) is 0 Å². The molecular formula is C16H22N4O. The first-order valence-electron chi connectivity index (χ1n) is 7.01. The lowest BCUT2D eigenvalue weighted by Gasteiger charge is -2.12. The molecule has 1 aromatic rings. The summed E-state index contributed by atoms with van der Waals surface area (Å²) in [5, 5.41) is 14.7. The lowest BCUT2D eigenvalue weighted by atomic mass is 10.2. The maximum atomic E-state index is 11.8. The van der Waals surface area contributed by atoms with Gasteiger partial charge in [-0.15, -0.1) is 0 Å². The Kier molecular flexibility index (Phi) is 6.82. The van der Waals surface area contributed by atoms with E-state index in [1.54, 1.807) is 0 Å². The number of rotatable bonds is 7. The fourth-order valence-electron chi connectivity index (χ4n) is 1.63. The number of nitriles is 1. The third-order valence-corrected chi connectivity index (χ3v) is 2.95. The van der Waals surface area contributed by atoms with E-state index in [2.05, 4.69) is 10.6 Å². The molecule has 0 fully saturated rings. The molecule has 0 heterocycles. The number of hydrogen-bond donors (Lipinski definition) is 2. The van der Waals surface area contributed by atoms with Crippen molar-refractivity contribution < 1.29 is 4.79 Å². The van der Waals surface area contributed by atoms with Crippen LogP contribution >= 0.6 is 0 Å². The number of nitrogens with zero attached hydrogens (tertiary/aromatic N) is 2. The standard InChI is InChI=1S/C16H22N4O/c1-4-5-10-18-16(21)13(11-17)12-19-14-6-8-15(9-7-14)20(2)3/h6-9,12,19H,4-5,10H2,1-3H3,(H,18,21)/b13-12-. The molecule has 0 saturated heterocycles. The Morgan fingerprint density at radius 2 is 2.00 bits per heavy atom. The average molecular weight is 286 g/mol. The highest BCUT2D eigenvalue weighted by Gasteiger charge is 2.07. The minimum Gasteiger partial charge on any atom is -0.378 e. The normalized spacial score (nSPS) is 10.7. The number of unbranched alkanes of at least 4 members (excludes halogenated alkanes) is 1. The van der Waals surface area contributed by atoms with Crippen LogP contribution < -0.4 is 15.5 Å². The topological polar surface area (TPSA) is 68.2 Å². The van der Waals surface area contributed by atoms with Gasteiger partial charge in [0.1, 0.15) is 11.6 Å². The number of nitrogens with one attached hydrogen (secondary N) is 2. The van der Waals surface area contributed by atoms with E-state index in [9.17, 15) is 4.79 Å². The van der Waals surface area contributed by atoms with Crippen LogP contribution in [-0.2, 0) is 4.79 Å². The van der Waals surface area contributed by atoms with Crippen LogP contribution in [0.4, 0.5) is 11.4 Å². The third kappa shape index (κ3) is 5.57. The molecule has 1 amide bonds. The first-order chi connectivity index (χ1) is 10.1. The van der Waals surface area contributed by atoms with Crippen molar-refractivity contribution in [3.63, 3.8) is 0 Å². The molecule has 0 aromatic heterocycles. The molecule has 5 nitrogen and oxygen atoms in total. The first kappa shape index (κ1) is 16.6. The van der Waals surface area contributed by atoms with E-state index in [4.69, 9.17) is 5.26 Å². The Bertz CT molecular complexity index is 526. The van der Waals surface area contributed by atoms with Gasteiger partial charge in [-0.3, -0.25) is 4.79 Å². The minimum atomic E-state index is -0.344. The smallest absolute Gasteiger partial charge is 0.263 e. The van der Waals surface area contributed by atoms with Crippen molar-refractivity contribution >= 4 is 17.3 Å². The fourth-order valence-corrected chi connectivity index (χ4v) is 1.63. The summed E-state index contributed by atoms with van der Waals surface area (Å²) in [7, 11) is 3.94. The van der Waals surface area contributed by atoms with E-state index in [0.717, 1.165) is 24.2 Å². The SMILES string of the molecule is CCCCNC(=O)/C(C#N)=C\Nc1ccc(N(C)C)cc1. The van der Waals surface area contributed by atoms with Gasteiger partial charge >= 0.3 is 0 Å². The van der Waals surface area contributed by atoms with E-state index in [1.807, 2.05) is 56.3 Å². The zero-order chi connectivity index (χ0) is 15.7. The summed E-state index contributed by atoms with van der Waals surface area (Å²) in [6.07, 6.45) is 3.35. The van der Waals surface area contributed by atoms with Crippen LogP contribution in [0.15, 0.2) is 36.0 Å². The summed E-state index contributed by atoms with van der Waals surface area (Å²) >= 11 is 0. The number of carbonyl (C=O) groups is 1. The Balaban J connectivity index is 2.63. The Morgan fingerprint density at radius 3 is 2.52 bits per heavy atom. The largest absolute Gasteiger partial charge is 0.378 e. The average Bonchev–Trinajstić information content (AvgIpc) is 2.48. The van der Waals surface area contributed by atoms with Crippen LogP contribution in [0.25, 0.3) is 0 Å². The van der Waals surface area contributed by atoms with Crippen molar-refractivity contribution in [2.24, 2.45) is 0 Å². The highest BCUT2D eigenvalue weighted by molar-refractivity contribution is 5.97. The second-order valence-electron chi connectivity index (χ2n) is 4.86. The molecule has 0 aliphatic heterocycles. The van der Waals surface area contributed by atoms with Crippen LogP contribution in [0, 0.1) is 11.3 Å². The second kappa shape index (κ2) is 8.64. The zero-order valence-electron chi connectivity index (χ0n) is 12.8. The maximum Gasteiger partial charge on any atom is 0.263 e. The molecule has 0 spiro atoms. The molecule has 1 rings (SSSR count). The summed E-state index contributed by atoms with van der Waals surface area (Å²) in [5.41, 5.74) is 1.99. The van der Waals surface area contributed by atoms with E-state index in [0.29, 0.717) is 6.54 Å². The molecule has 0 radical (unpaired) electrons. The number of anilines is 2. The monoisotopic (exact) mass is 286 g/mol. The van der Waals surface area contributed by atoms with Gasteiger partial charge in [0, 0.05) is 38.2 Å². The molecule has 1 aromatic carbocycles. The molecule has 0 aliphatic carbocycles. The molecule has 0 bridgehead atoms. The molecular weight excluding hydrogens is 264 g/mol. The number of hydrogen-bond acceptors (Lipinski definition) is 4. The summed E-state index contributed by atoms with van der Waals surface area (Å²) < 4.78 is 0. The highest BCUT2D eigenvalue weighted by Crippen LogP contribution is 2.15. The lowest BCUT2D eigenvalue weighted by Crippen LogP contribution is -2.25. The molecule has 0 atom stereocenters. The Labute approximate surface area is 126 Å². The molecule has 2 N–H and O–H groups in total. The molecule has 5 heteroatoms. The Hall–Kier alpha value is -2.48. The number of amides is 1. The van der Waals surface area contributed by atoms with Gasteiger partial charge in [0.25, 0.3) is 5.91 Å². The summed E-state index contributed by atoms with van der Waals surface area (Å²) in [6.45, 7) is 2.64. The fraction of sp³-hybridized carbons (Fsp3) is 0.375. The maximum absolute atomic E-state index is 11.8. The minimum absolute atomic E-state index is 0.0720. The summed E-state index contributed by atoms with van der Waals surface area (Å²) in [5.74, 6) is -0.344. The van der Waals surface area contributed by atoms with Gasteiger partial charge in [-0.25, -0.2) is 0 Å². The van der Waals surface area contributed by atoms with Crippen molar-refractivity contribution in [1.29, 1.82) is 5.26 Å². The van der Waals surface area contributed by atoms with Gasteiger partial charge in [-0.2, -0.15) is 5.26 Å². The Morgan fingerprint density at radius 1 is 1.33 bits per heavy atom. The first-order valence-corrected chi connectivity index (χ1v) is 7.01. The quantitative estimate of drug-likeness (QED) is 0.459. The predicted molar refractivity (Wildman–Crippen MR) is 86.0 cm³/mol. The van der Waals surface area contributed by atoms with Gasteiger partial charge in [0.15, 0.2) is 0 Å². The van der Waals surface area contributed by atoms with Crippen molar-refractivity contribution in [3.05, 3.63) is 36.0 Å². The van der Waals surface area contributed by atoms with Crippen LogP contribution in [0.5, 0.6) is 0 Å². The van der Waals surface area contributed by atoms with Gasteiger partial charge in [-0.05, 0) is 30.7 Å². The molecule has 112 valence electrons. The van der Waals surface area contributed by atoms with Gasteiger partial charge in [-0.1, -0.05) is 13.3 Å².